The fourth-order valence-corrected chi connectivity index (χ4v) is 2.53. The van der Waals surface area contributed by atoms with Crippen LogP contribution in [0, 0.1) is 0 Å². The molecule has 0 radical (unpaired) electrons. The highest BCUT2D eigenvalue weighted by Crippen LogP contribution is 2.14. The predicted molar refractivity (Wildman–Crippen MR) is 95.5 cm³/mol. The van der Waals surface area contributed by atoms with E-state index >= 15 is 0 Å². The number of methoxy groups -OCH3 is 2. The first-order valence-electron chi connectivity index (χ1n) is 8.20. The Bertz CT molecular complexity index is 563. The summed E-state index contributed by atoms with van der Waals surface area (Å²) in [5, 5.41) is 3.60. The number of ether oxygens (including phenoxy) is 2. The number of nitrogens with one attached hydrogen (secondary N) is 1. The lowest BCUT2D eigenvalue weighted by molar-refractivity contribution is 0.414. The van der Waals surface area contributed by atoms with Crippen LogP contribution in [-0.2, 0) is 12.8 Å². The second-order valence-corrected chi connectivity index (χ2v) is 5.84. The number of hydrogen-bond acceptors (Lipinski definition) is 3. The van der Waals surface area contributed by atoms with Crippen molar-refractivity contribution in [2.45, 2.75) is 32.2 Å². The van der Waals surface area contributed by atoms with Gasteiger partial charge in [-0.25, -0.2) is 0 Å². The Morgan fingerprint density at radius 2 is 1.26 bits per heavy atom. The summed E-state index contributed by atoms with van der Waals surface area (Å²) in [6.07, 6.45) is 3.26. The molecule has 0 amide bonds. The van der Waals surface area contributed by atoms with Crippen LogP contribution in [0.2, 0.25) is 0 Å². The van der Waals surface area contributed by atoms with Crippen molar-refractivity contribution in [3.05, 3.63) is 59.7 Å². The lowest BCUT2D eigenvalue weighted by Gasteiger charge is -2.14. The fourth-order valence-electron chi connectivity index (χ4n) is 2.53. The Morgan fingerprint density at radius 3 is 1.74 bits per heavy atom. The first kappa shape index (κ1) is 17.4. The summed E-state index contributed by atoms with van der Waals surface area (Å²) in [4.78, 5) is 0. The predicted octanol–water partition coefficient (Wildman–Crippen LogP) is 3.86. The van der Waals surface area contributed by atoms with Crippen molar-refractivity contribution < 1.29 is 9.47 Å². The van der Waals surface area contributed by atoms with Gasteiger partial charge in [0.1, 0.15) is 11.5 Å². The van der Waals surface area contributed by atoms with Gasteiger partial charge < -0.3 is 14.8 Å². The van der Waals surface area contributed by atoms with Crippen LogP contribution in [0.5, 0.6) is 11.5 Å². The minimum atomic E-state index is 0.510. The van der Waals surface area contributed by atoms with Crippen LogP contribution in [-0.4, -0.2) is 26.8 Å². The largest absolute Gasteiger partial charge is 0.497 e. The molecule has 0 saturated heterocycles. The Morgan fingerprint density at radius 1 is 0.783 bits per heavy atom. The van der Waals surface area contributed by atoms with E-state index in [-0.39, 0.29) is 0 Å². The summed E-state index contributed by atoms with van der Waals surface area (Å²) in [7, 11) is 3.39. The van der Waals surface area contributed by atoms with E-state index in [0.29, 0.717) is 6.04 Å². The number of rotatable bonds is 9. The van der Waals surface area contributed by atoms with Gasteiger partial charge in [-0.3, -0.25) is 0 Å². The van der Waals surface area contributed by atoms with Crippen molar-refractivity contribution in [1.29, 1.82) is 0 Å². The molecule has 0 aliphatic carbocycles. The van der Waals surface area contributed by atoms with Gasteiger partial charge in [0.15, 0.2) is 0 Å². The molecule has 124 valence electrons. The molecule has 0 bridgehead atoms. The van der Waals surface area contributed by atoms with Crippen LogP contribution in [0.4, 0.5) is 0 Å². The number of aryl methyl sites for hydroxylation is 1. The van der Waals surface area contributed by atoms with Gasteiger partial charge in [-0.1, -0.05) is 24.3 Å². The van der Waals surface area contributed by atoms with Crippen LogP contribution in [0.3, 0.4) is 0 Å². The Labute approximate surface area is 139 Å². The Kier molecular flexibility index (Phi) is 6.95. The van der Waals surface area contributed by atoms with Crippen molar-refractivity contribution in [3.8, 4) is 11.5 Å². The Balaban J connectivity index is 1.66. The van der Waals surface area contributed by atoms with E-state index in [0.717, 1.165) is 37.3 Å². The zero-order chi connectivity index (χ0) is 16.5. The first-order chi connectivity index (χ1) is 11.2. The topological polar surface area (TPSA) is 30.5 Å². The Hall–Kier alpha value is -2.00. The highest BCUT2D eigenvalue weighted by molar-refractivity contribution is 5.28. The number of hydrogen-bond donors (Lipinski definition) is 1. The molecule has 0 fully saturated rings. The van der Waals surface area contributed by atoms with E-state index < -0.39 is 0 Å². The van der Waals surface area contributed by atoms with E-state index in [1.165, 1.54) is 11.1 Å². The summed E-state index contributed by atoms with van der Waals surface area (Å²) in [5.74, 6) is 1.83. The van der Waals surface area contributed by atoms with E-state index in [1.807, 2.05) is 24.3 Å². The van der Waals surface area contributed by atoms with Gasteiger partial charge in [-0.15, -0.1) is 0 Å². The molecule has 0 aliphatic rings. The highest BCUT2D eigenvalue weighted by atomic mass is 16.5. The van der Waals surface area contributed by atoms with Crippen molar-refractivity contribution >= 4 is 0 Å². The second-order valence-electron chi connectivity index (χ2n) is 5.84. The van der Waals surface area contributed by atoms with E-state index in [2.05, 4.69) is 36.5 Å². The zero-order valence-electron chi connectivity index (χ0n) is 14.3. The third-order valence-corrected chi connectivity index (χ3v) is 4.09. The minimum Gasteiger partial charge on any atom is -0.497 e. The maximum Gasteiger partial charge on any atom is 0.118 e. The van der Waals surface area contributed by atoms with Crippen molar-refractivity contribution in [2.75, 3.05) is 20.8 Å². The molecule has 0 unspecified atom stereocenters. The molecule has 1 N–H and O–H groups in total. The van der Waals surface area contributed by atoms with Crippen LogP contribution in [0.15, 0.2) is 48.5 Å². The second kappa shape index (κ2) is 9.21. The maximum absolute atomic E-state index is 5.18. The average Bonchev–Trinajstić information content (AvgIpc) is 2.61. The molecule has 2 aromatic carbocycles. The zero-order valence-corrected chi connectivity index (χ0v) is 14.3. The molecular weight excluding hydrogens is 286 g/mol. The van der Waals surface area contributed by atoms with Gasteiger partial charge >= 0.3 is 0 Å². The maximum atomic E-state index is 5.18. The van der Waals surface area contributed by atoms with Crippen molar-refractivity contribution in [1.82, 2.24) is 5.32 Å². The average molecular weight is 313 g/mol. The first-order valence-corrected chi connectivity index (χ1v) is 8.20. The summed E-state index contributed by atoms with van der Waals surface area (Å²) in [6.45, 7) is 3.24. The molecule has 3 nitrogen and oxygen atoms in total. The molecule has 23 heavy (non-hydrogen) atoms. The van der Waals surface area contributed by atoms with Crippen molar-refractivity contribution in [3.63, 3.8) is 0 Å². The van der Waals surface area contributed by atoms with Gasteiger partial charge in [0.25, 0.3) is 0 Å². The van der Waals surface area contributed by atoms with Crippen LogP contribution in [0.25, 0.3) is 0 Å². The lowest BCUT2D eigenvalue weighted by Crippen LogP contribution is -2.28. The molecule has 3 heteroatoms. The molecule has 2 aromatic rings. The molecule has 2 rings (SSSR count). The smallest absolute Gasteiger partial charge is 0.118 e. The van der Waals surface area contributed by atoms with E-state index in [4.69, 9.17) is 9.47 Å². The highest BCUT2D eigenvalue weighted by Gasteiger charge is 2.03. The third kappa shape index (κ3) is 5.95. The molecule has 0 aromatic heterocycles. The third-order valence-electron chi connectivity index (χ3n) is 4.09. The number of benzene rings is 2. The quantitative estimate of drug-likeness (QED) is 0.762. The van der Waals surface area contributed by atoms with Crippen LogP contribution >= 0.6 is 0 Å². The summed E-state index contributed by atoms with van der Waals surface area (Å²) >= 11 is 0. The molecule has 1 atom stereocenters. The van der Waals surface area contributed by atoms with Gasteiger partial charge in [0.2, 0.25) is 0 Å². The monoisotopic (exact) mass is 313 g/mol. The fraction of sp³-hybridized carbons (Fsp3) is 0.400. The van der Waals surface area contributed by atoms with Gasteiger partial charge in [-0.2, -0.15) is 0 Å². The van der Waals surface area contributed by atoms with E-state index in [9.17, 15) is 0 Å². The lowest BCUT2D eigenvalue weighted by atomic mass is 10.1. The van der Waals surface area contributed by atoms with Crippen molar-refractivity contribution in [2.24, 2.45) is 0 Å². The van der Waals surface area contributed by atoms with Gasteiger partial charge in [-0.05, 0) is 68.1 Å². The molecule has 0 spiro atoms. The molecular formula is C20H27NO2. The van der Waals surface area contributed by atoms with Crippen LogP contribution < -0.4 is 14.8 Å². The van der Waals surface area contributed by atoms with Gasteiger partial charge in [0.05, 0.1) is 14.2 Å². The summed E-state index contributed by atoms with van der Waals surface area (Å²) in [5.41, 5.74) is 2.69. The summed E-state index contributed by atoms with van der Waals surface area (Å²) in [6, 6.07) is 17.1. The normalized spacial score (nSPS) is 12.0. The molecule has 0 heterocycles. The SMILES string of the molecule is COc1ccc(CCN[C@@H](C)CCc2ccc(OC)cc2)cc1. The standard InChI is InChI=1S/C20H27NO2/c1-16(4-5-17-6-10-19(22-2)11-7-17)21-15-14-18-8-12-20(23-3)13-9-18/h6-13,16,21H,4-5,14-15H2,1-3H3/t16-/m0/s1. The van der Waals surface area contributed by atoms with E-state index in [1.54, 1.807) is 14.2 Å². The summed E-state index contributed by atoms with van der Waals surface area (Å²) < 4.78 is 10.4. The molecule has 0 saturated carbocycles. The van der Waals surface area contributed by atoms with Crippen LogP contribution in [0.1, 0.15) is 24.5 Å². The minimum absolute atomic E-state index is 0.510. The van der Waals surface area contributed by atoms with Gasteiger partial charge in [0, 0.05) is 6.04 Å². The molecule has 0 aliphatic heterocycles.